The zero-order valence-corrected chi connectivity index (χ0v) is 18.4. The van der Waals surface area contributed by atoms with Gasteiger partial charge in [0.1, 0.15) is 0 Å². The van der Waals surface area contributed by atoms with Crippen LogP contribution in [0.3, 0.4) is 0 Å². The Bertz CT molecular complexity index is 936. The zero-order valence-electron chi connectivity index (χ0n) is 15.9. The van der Waals surface area contributed by atoms with E-state index in [1.54, 1.807) is 24.3 Å². The first kappa shape index (κ1) is 21.8. The van der Waals surface area contributed by atoms with E-state index in [2.05, 4.69) is 5.32 Å². The van der Waals surface area contributed by atoms with Gasteiger partial charge in [0.2, 0.25) is 0 Å². The van der Waals surface area contributed by atoms with Crippen molar-refractivity contribution < 1.29 is 40.9 Å². The van der Waals surface area contributed by atoms with Crippen molar-refractivity contribution in [2.24, 2.45) is 0 Å². The van der Waals surface area contributed by atoms with Crippen molar-refractivity contribution in [1.82, 2.24) is 0 Å². The molecule has 0 fully saturated rings. The molecule has 0 aliphatic rings. The van der Waals surface area contributed by atoms with Crippen LogP contribution in [0.1, 0.15) is 22.9 Å². The summed E-state index contributed by atoms with van der Waals surface area (Å²) in [6.07, 6.45) is 1.75. The minimum atomic E-state index is -0.952. The first-order valence-corrected chi connectivity index (χ1v) is 8.91. The average molecular weight is 410 g/mol. The van der Waals surface area contributed by atoms with Gasteiger partial charge in [-0.05, 0) is 60.4 Å². The van der Waals surface area contributed by atoms with Crippen molar-refractivity contribution in [3.05, 3.63) is 93.5 Å². The summed E-state index contributed by atoms with van der Waals surface area (Å²) in [7, 11) is 0. The summed E-state index contributed by atoms with van der Waals surface area (Å²) in [4.78, 5) is 11.3. The van der Waals surface area contributed by atoms with Crippen LogP contribution in [0.15, 0.2) is 66.7 Å². The Morgan fingerprint density at radius 2 is 1.52 bits per heavy atom. The molecular formula is C21H18Cl2NNaO2. The van der Waals surface area contributed by atoms with Crippen LogP contribution in [0, 0.1) is 0 Å². The Labute approximate surface area is 192 Å². The van der Waals surface area contributed by atoms with Gasteiger partial charge in [-0.25, -0.2) is 4.79 Å². The summed E-state index contributed by atoms with van der Waals surface area (Å²) in [6.45, 7) is 0. The summed E-state index contributed by atoms with van der Waals surface area (Å²) < 4.78 is 0. The smallest absolute Gasteiger partial charge is 1.00 e. The number of aromatic carboxylic acids is 1. The average Bonchev–Trinajstić information content (AvgIpc) is 2.64. The number of aryl methyl sites for hydroxylation is 2. The number of benzene rings is 3. The van der Waals surface area contributed by atoms with E-state index >= 15 is 0 Å². The first-order chi connectivity index (χ1) is 12.5. The Morgan fingerprint density at radius 1 is 0.889 bits per heavy atom. The van der Waals surface area contributed by atoms with Crippen molar-refractivity contribution in [2.75, 3.05) is 5.32 Å². The summed E-state index contributed by atoms with van der Waals surface area (Å²) in [6, 6.07) is 20.5. The van der Waals surface area contributed by atoms with Gasteiger partial charge in [-0.2, -0.15) is 0 Å². The van der Waals surface area contributed by atoms with Gasteiger partial charge in [0.05, 0.1) is 21.3 Å². The van der Waals surface area contributed by atoms with E-state index in [1.807, 2.05) is 42.5 Å². The van der Waals surface area contributed by atoms with Crippen LogP contribution in [0.5, 0.6) is 0 Å². The Hall–Kier alpha value is -1.49. The topological polar surface area (TPSA) is 49.3 Å². The van der Waals surface area contributed by atoms with Gasteiger partial charge >= 0.3 is 35.5 Å². The minimum absolute atomic E-state index is 0. The summed E-state index contributed by atoms with van der Waals surface area (Å²) in [5.41, 5.74) is 3.99. The van der Waals surface area contributed by atoms with Crippen LogP contribution in [-0.2, 0) is 12.8 Å². The molecule has 134 valence electrons. The molecule has 0 radical (unpaired) electrons. The normalized spacial score (nSPS) is 10.1. The number of anilines is 2. The predicted octanol–water partition coefficient (Wildman–Crippen LogP) is 3.34. The molecule has 3 aromatic carbocycles. The van der Waals surface area contributed by atoms with Gasteiger partial charge in [-0.1, -0.05) is 53.5 Å². The molecule has 0 atom stereocenters. The molecule has 2 N–H and O–H groups in total. The molecule has 0 unspecified atom stereocenters. The van der Waals surface area contributed by atoms with Gasteiger partial charge in [0.15, 0.2) is 0 Å². The molecule has 0 aromatic heterocycles. The third-order valence-corrected chi connectivity index (χ3v) is 4.82. The van der Waals surface area contributed by atoms with Crippen molar-refractivity contribution in [3.8, 4) is 0 Å². The molecule has 0 saturated carbocycles. The van der Waals surface area contributed by atoms with E-state index in [0.717, 1.165) is 24.1 Å². The first-order valence-electron chi connectivity index (χ1n) is 8.15. The number of hydrogen-bond acceptors (Lipinski definition) is 2. The van der Waals surface area contributed by atoms with E-state index in [9.17, 15) is 9.90 Å². The number of rotatable bonds is 6. The van der Waals surface area contributed by atoms with E-state index in [1.165, 1.54) is 5.56 Å². The summed E-state index contributed by atoms with van der Waals surface area (Å²) >= 11 is 12.0. The maximum Gasteiger partial charge on any atom is 1.00 e. The second-order valence-electron chi connectivity index (χ2n) is 5.92. The van der Waals surface area contributed by atoms with Gasteiger partial charge in [0.25, 0.3) is 0 Å². The number of hydrogen-bond donors (Lipinski definition) is 2. The number of para-hydroxylation sites is 1. The van der Waals surface area contributed by atoms with Crippen molar-refractivity contribution >= 4 is 40.5 Å². The fraction of sp³-hybridized carbons (Fsp3) is 0.0952. The third kappa shape index (κ3) is 6.00. The predicted molar refractivity (Wildman–Crippen MR) is 108 cm³/mol. The number of carbonyl (C=O) groups is 1. The number of nitrogens with one attached hydrogen (secondary N) is 1. The molecule has 0 aliphatic heterocycles. The quantitative estimate of drug-likeness (QED) is 0.613. The second kappa shape index (κ2) is 10.2. The van der Waals surface area contributed by atoms with Crippen LogP contribution in [0.25, 0.3) is 0 Å². The fourth-order valence-corrected chi connectivity index (χ4v) is 2.99. The molecule has 0 bridgehead atoms. The second-order valence-corrected chi connectivity index (χ2v) is 6.74. The fourth-order valence-electron chi connectivity index (χ4n) is 2.67. The van der Waals surface area contributed by atoms with Crippen molar-refractivity contribution in [2.45, 2.75) is 12.8 Å². The van der Waals surface area contributed by atoms with Crippen LogP contribution >= 0.6 is 23.2 Å². The Kier molecular flexibility index (Phi) is 8.21. The summed E-state index contributed by atoms with van der Waals surface area (Å²) in [5, 5.41) is 13.5. The molecule has 3 nitrogen and oxygen atoms in total. The maximum atomic E-state index is 11.3. The molecule has 3 aromatic rings. The van der Waals surface area contributed by atoms with E-state index in [4.69, 9.17) is 23.2 Å². The van der Waals surface area contributed by atoms with Gasteiger partial charge < -0.3 is 11.8 Å². The van der Waals surface area contributed by atoms with Crippen molar-refractivity contribution in [3.63, 3.8) is 0 Å². The Balaban J connectivity index is 0.00000196. The molecule has 0 saturated heterocycles. The molecule has 0 aliphatic carbocycles. The molecular weight excluding hydrogens is 392 g/mol. The van der Waals surface area contributed by atoms with E-state index in [-0.39, 0.29) is 36.5 Å². The third-order valence-electron chi connectivity index (χ3n) is 4.08. The van der Waals surface area contributed by atoms with Crippen LogP contribution in [0.4, 0.5) is 11.4 Å². The molecule has 3 rings (SSSR count). The van der Waals surface area contributed by atoms with Gasteiger partial charge in [-0.15, -0.1) is 0 Å². The Morgan fingerprint density at radius 3 is 2.19 bits per heavy atom. The van der Waals surface area contributed by atoms with E-state index in [0.29, 0.717) is 15.7 Å². The maximum absolute atomic E-state index is 11.3. The van der Waals surface area contributed by atoms with Gasteiger partial charge in [-0.3, -0.25) is 0 Å². The number of carboxylic acids is 1. The zero-order chi connectivity index (χ0) is 18.5. The standard InChI is InChI=1S/C21H17Cl2NO2.Na.H/c22-18-12-9-15(13-19(18)23)6-5-14-7-10-16(11-8-14)24-20-4-2-1-3-17(20)21(25)26;;/h1-4,7-13,24H,5-6H2,(H,25,26);;/q;+1;-1. The molecule has 6 heteroatoms. The SMILES string of the molecule is O=C(O)c1ccccc1Nc1ccc(CCc2ccc(Cl)c(Cl)c2)cc1.[H-].[Na+]. The molecule has 0 amide bonds. The minimum Gasteiger partial charge on any atom is -1.00 e. The van der Waals surface area contributed by atoms with Crippen molar-refractivity contribution in [1.29, 1.82) is 0 Å². The molecule has 0 spiro atoms. The van der Waals surface area contributed by atoms with Crippen LogP contribution in [0.2, 0.25) is 10.0 Å². The molecule has 0 heterocycles. The van der Waals surface area contributed by atoms with Crippen LogP contribution < -0.4 is 34.9 Å². The number of carboxylic acid groups (broad SMARTS) is 1. The largest absolute Gasteiger partial charge is 1.00 e. The van der Waals surface area contributed by atoms with Crippen LogP contribution in [-0.4, -0.2) is 11.1 Å². The summed E-state index contributed by atoms with van der Waals surface area (Å²) in [5.74, 6) is -0.952. The van der Waals surface area contributed by atoms with Gasteiger partial charge in [0, 0.05) is 5.69 Å². The molecule has 27 heavy (non-hydrogen) atoms. The number of halogens is 2. The van der Waals surface area contributed by atoms with E-state index < -0.39 is 5.97 Å². The monoisotopic (exact) mass is 409 g/mol.